The summed E-state index contributed by atoms with van der Waals surface area (Å²) in [6, 6.07) is 6.28. The van der Waals surface area contributed by atoms with E-state index < -0.39 is 0 Å². The van der Waals surface area contributed by atoms with E-state index in [0.29, 0.717) is 23.4 Å². The topological polar surface area (TPSA) is 61.0 Å². The largest absolute Gasteiger partial charge is 0.438 e. The Balaban J connectivity index is 2.42. The summed E-state index contributed by atoms with van der Waals surface area (Å²) in [6.45, 7) is 10.2. The highest BCUT2D eigenvalue weighted by atomic mass is 16.5. The highest BCUT2D eigenvalue weighted by Gasteiger charge is 2.12. The molecule has 0 aliphatic heterocycles. The first-order chi connectivity index (χ1) is 9.92. The fraction of sp³-hybridized carbons (Fsp3) is 0.412. The summed E-state index contributed by atoms with van der Waals surface area (Å²) in [5, 5.41) is 0. The molecule has 0 saturated heterocycles. The highest BCUT2D eigenvalue weighted by molar-refractivity contribution is 5.47. The fourth-order valence-corrected chi connectivity index (χ4v) is 2.01. The van der Waals surface area contributed by atoms with Crippen LogP contribution in [-0.4, -0.2) is 9.97 Å². The maximum Gasteiger partial charge on any atom is 0.227 e. The molecule has 0 unspecified atom stereocenters. The van der Waals surface area contributed by atoms with Crippen LogP contribution in [-0.2, 0) is 6.42 Å². The molecule has 0 spiro atoms. The van der Waals surface area contributed by atoms with Crippen molar-refractivity contribution in [1.29, 1.82) is 0 Å². The van der Waals surface area contributed by atoms with Crippen molar-refractivity contribution in [3.63, 3.8) is 0 Å². The van der Waals surface area contributed by atoms with Gasteiger partial charge in [-0.05, 0) is 37.0 Å². The van der Waals surface area contributed by atoms with E-state index in [1.54, 1.807) is 0 Å². The minimum atomic E-state index is 0.454. The summed E-state index contributed by atoms with van der Waals surface area (Å²) in [5.74, 6) is 3.00. The molecule has 4 heteroatoms. The van der Waals surface area contributed by atoms with Gasteiger partial charge in [0.25, 0.3) is 0 Å². The number of hydrogen-bond donors (Lipinski definition) is 1. The monoisotopic (exact) mass is 285 g/mol. The minimum absolute atomic E-state index is 0.454. The van der Waals surface area contributed by atoms with Crippen molar-refractivity contribution in [3.8, 4) is 11.6 Å². The van der Waals surface area contributed by atoms with E-state index in [1.165, 1.54) is 5.56 Å². The Labute approximate surface area is 126 Å². The van der Waals surface area contributed by atoms with Gasteiger partial charge in [0.15, 0.2) is 0 Å². The van der Waals surface area contributed by atoms with E-state index in [1.807, 2.05) is 20.8 Å². The molecule has 4 nitrogen and oxygen atoms in total. The molecule has 0 saturated carbocycles. The van der Waals surface area contributed by atoms with Crippen molar-refractivity contribution in [2.75, 3.05) is 5.73 Å². The van der Waals surface area contributed by atoms with Gasteiger partial charge >= 0.3 is 0 Å². The van der Waals surface area contributed by atoms with Gasteiger partial charge in [0.2, 0.25) is 5.88 Å². The average Bonchev–Trinajstić information content (AvgIpc) is 2.45. The molecule has 112 valence electrons. The van der Waals surface area contributed by atoms with E-state index >= 15 is 0 Å². The van der Waals surface area contributed by atoms with Crippen molar-refractivity contribution >= 4 is 5.82 Å². The maximum atomic E-state index is 6.02. The fourth-order valence-electron chi connectivity index (χ4n) is 2.01. The van der Waals surface area contributed by atoms with Crippen molar-refractivity contribution in [2.45, 2.75) is 47.0 Å². The standard InChI is InChI=1S/C17H23N3O/c1-6-15-19-16(18)12(5)17(20-15)21-14-9-13(10(2)3)8-7-11(14)4/h7-10H,6H2,1-5H3,(H2,18,19,20). The van der Waals surface area contributed by atoms with Crippen LogP contribution in [0.2, 0.25) is 0 Å². The molecule has 1 aromatic carbocycles. The number of rotatable bonds is 4. The number of anilines is 1. The Morgan fingerprint density at radius 1 is 1.19 bits per heavy atom. The van der Waals surface area contributed by atoms with Gasteiger partial charge in [-0.1, -0.05) is 32.9 Å². The van der Waals surface area contributed by atoms with Crippen LogP contribution in [0.25, 0.3) is 0 Å². The van der Waals surface area contributed by atoms with Gasteiger partial charge < -0.3 is 10.5 Å². The van der Waals surface area contributed by atoms with Crippen LogP contribution >= 0.6 is 0 Å². The second kappa shape index (κ2) is 6.12. The molecule has 0 atom stereocenters. The first kappa shape index (κ1) is 15.3. The molecule has 2 rings (SSSR count). The normalized spacial score (nSPS) is 11.0. The molecule has 1 aromatic heterocycles. The smallest absolute Gasteiger partial charge is 0.227 e. The van der Waals surface area contributed by atoms with Gasteiger partial charge in [0.05, 0.1) is 5.56 Å². The molecule has 1 heterocycles. The molecular formula is C17H23N3O. The maximum absolute atomic E-state index is 6.02. The summed E-state index contributed by atoms with van der Waals surface area (Å²) in [5.41, 5.74) is 9.03. The molecule has 0 amide bonds. The number of benzene rings is 1. The third kappa shape index (κ3) is 3.32. The van der Waals surface area contributed by atoms with Gasteiger partial charge in [-0.3, -0.25) is 0 Å². The van der Waals surface area contributed by atoms with Crippen LogP contribution in [0.3, 0.4) is 0 Å². The number of nitrogen functional groups attached to an aromatic ring is 1. The summed E-state index contributed by atoms with van der Waals surface area (Å²) >= 11 is 0. The Morgan fingerprint density at radius 2 is 1.90 bits per heavy atom. The molecule has 0 radical (unpaired) electrons. The Bertz CT molecular complexity index is 651. The van der Waals surface area contributed by atoms with Crippen LogP contribution in [0.15, 0.2) is 18.2 Å². The zero-order valence-corrected chi connectivity index (χ0v) is 13.4. The Hall–Kier alpha value is -2.10. The number of aryl methyl sites for hydroxylation is 2. The van der Waals surface area contributed by atoms with Gasteiger partial charge in [0.1, 0.15) is 17.4 Å². The molecule has 0 fully saturated rings. The summed E-state index contributed by atoms with van der Waals surface area (Å²) in [6.07, 6.45) is 0.728. The number of nitrogens with zero attached hydrogens (tertiary/aromatic N) is 2. The number of hydrogen-bond acceptors (Lipinski definition) is 4. The summed E-state index contributed by atoms with van der Waals surface area (Å²) in [4.78, 5) is 8.70. The van der Waals surface area contributed by atoms with Gasteiger partial charge in [-0.2, -0.15) is 4.98 Å². The molecule has 2 N–H and O–H groups in total. The Kier molecular flexibility index (Phi) is 4.46. The lowest BCUT2D eigenvalue weighted by atomic mass is 10.0. The van der Waals surface area contributed by atoms with E-state index in [4.69, 9.17) is 10.5 Å². The number of ether oxygens (including phenoxy) is 1. The second-order valence-electron chi connectivity index (χ2n) is 5.59. The number of aromatic nitrogens is 2. The quantitative estimate of drug-likeness (QED) is 0.916. The van der Waals surface area contributed by atoms with Crippen LogP contribution < -0.4 is 10.5 Å². The lowest BCUT2D eigenvalue weighted by molar-refractivity contribution is 0.451. The van der Waals surface area contributed by atoms with Gasteiger partial charge in [-0.25, -0.2) is 4.98 Å². The molecule has 21 heavy (non-hydrogen) atoms. The van der Waals surface area contributed by atoms with Gasteiger partial charge in [0, 0.05) is 6.42 Å². The van der Waals surface area contributed by atoms with E-state index in [2.05, 4.69) is 42.0 Å². The first-order valence-electron chi connectivity index (χ1n) is 7.33. The SMILES string of the molecule is CCc1nc(N)c(C)c(Oc2cc(C(C)C)ccc2C)n1. The van der Waals surface area contributed by atoms with Crippen molar-refractivity contribution in [2.24, 2.45) is 0 Å². The van der Waals surface area contributed by atoms with Crippen LogP contribution in [0.4, 0.5) is 5.82 Å². The minimum Gasteiger partial charge on any atom is -0.438 e. The van der Waals surface area contributed by atoms with Crippen LogP contribution in [0, 0.1) is 13.8 Å². The van der Waals surface area contributed by atoms with Gasteiger partial charge in [-0.15, -0.1) is 0 Å². The molecular weight excluding hydrogens is 262 g/mol. The number of nitrogens with two attached hydrogens (primary N) is 1. The molecule has 0 bridgehead atoms. The first-order valence-corrected chi connectivity index (χ1v) is 7.33. The summed E-state index contributed by atoms with van der Waals surface area (Å²) < 4.78 is 6.02. The van der Waals surface area contributed by atoms with Crippen LogP contribution in [0.1, 0.15) is 49.2 Å². The average molecular weight is 285 g/mol. The van der Waals surface area contributed by atoms with Crippen molar-refractivity contribution < 1.29 is 4.74 Å². The van der Waals surface area contributed by atoms with E-state index in [0.717, 1.165) is 23.3 Å². The molecule has 0 aliphatic carbocycles. The van der Waals surface area contributed by atoms with E-state index in [9.17, 15) is 0 Å². The third-order valence-electron chi connectivity index (χ3n) is 3.59. The second-order valence-corrected chi connectivity index (χ2v) is 5.59. The highest BCUT2D eigenvalue weighted by Crippen LogP contribution is 2.30. The van der Waals surface area contributed by atoms with Crippen molar-refractivity contribution in [1.82, 2.24) is 9.97 Å². The Morgan fingerprint density at radius 3 is 2.52 bits per heavy atom. The molecule has 0 aliphatic rings. The van der Waals surface area contributed by atoms with Crippen LogP contribution in [0.5, 0.6) is 11.6 Å². The van der Waals surface area contributed by atoms with E-state index in [-0.39, 0.29) is 0 Å². The van der Waals surface area contributed by atoms with Crippen molar-refractivity contribution in [3.05, 3.63) is 40.7 Å². The lowest BCUT2D eigenvalue weighted by Crippen LogP contribution is -2.05. The molecule has 2 aromatic rings. The third-order valence-corrected chi connectivity index (χ3v) is 3.59. The predicted molar refractivity (Wildman–Crippen MR) is 85.9 cm³/mol. The zero-order chi connectivity index (χ0) is 15.6. The summed E-state index contributed by atoms with van der Waals surface area (Å²) in [7, 11) is 0. The predicted octanol–water partition coefficient (Wildman–Crippen LogP) is 4.15. The zero-order valence-electron chi connectivity index (χ0n) is 13.4. The lowest BCUT2D eigenvalue weighted by Gasteiger charge is -2.14.